The molecule has 1 unspecified atom stereocenters. The molecule has 0 spiro atoms. The van der Waals surface area contributed by atoms with Gasteiger partial charge in [-0.05, 0) is 66.8 Å². The number of aromatic amines is 1. The van der Waals surface area contributed by atoms with Gasteiger partial charge in [0.05, 0.1) is 4.90 Å². The quantitative estimate of drug-likeness (QED) is 0.235. The molecule has 0 saturated heterocycles. The molecule has 6 rings (SSSR count). The van der Waals surface area contributed by atoms with Crippen LogP contribution >= 0.6 is 0 Å². The Balaban J connectivity index is 0.00000144. The largest absolute Gasteiger partial charge is 0.361 e. The molecular formula is C32H29N3O2S. The first-order valence-corrected chi connectivity index (χ1v) is 13.8. The molecule has 0 aliphatic heterocycles. The van der Waals surface area contributed by atoms with E-state index in [1.807, 2.05) is 87.8 Å². The molecule has 0 radical (unpaired) electrons. The van der Waals surface area contributed by atoms with E-state index in [0.717, 1.165) is 49.0 Å². The van der Waals surface area contributed by atoms with Gasteiger partial charge in [-0.25, -0.2) is 13.2 Å². The lowest BCUT2D eigenvalue weighted by Crippen LogP contribution is -2.04. The van der Waals surface area contributed by atoms with E-state index in [0.29, 0.717) is 11.2 Å². The molecule has 190 valence electrons. The van der Waals surface area contributed by atoms with E-state index in [2.05, 4.69) is 29.2 Å². The van der Waals surface area contributed by atoms with Crippen LogP contribution in [0.5, 0.6) is 0 Å². The van der Waals surface area contributed by atoms with E-state index in [4.69, 9.17) is 4.98 Å². The second-order valence-corrected chi connectivity index (χ2v) is 10.3. The van der Waals surface area contributed by atoms with E-state index in [9.17, 15) is 9.00 Å². The number of fused-ring (bicyclic) bond motifs is 2. The summed E-state index contributed by atoms with van der Waals surface area (Å²) in [7, 11) is -1.45. The Bertz CT molecular complexity index is 1780. The summed E-state index contributed by atoms with van der Waals surface area (Å²) >= 11 is 0. The summed E-state index contributed by atoms with van der Waals surface area (Å²) in [6, 6.07) is 25.7. The zero-order valence-corrected chi connectivity index (χ0v) is 22.7. The molecule has 0 fully saturated rings. The van der Waals surface area contributed by atoms with Crippen molar-refractivity contribution in [3.63, 3.8) is 0 Å². The number of aryl methyl sites for hydroxylation is 1. The smallest absolute Gasteiger partial charge is 0.159 e. The Morgan fingerprint density at radius 1 is 0.868 bits per heavy atom. The van der Waals surface area contributed by atoms with Crippen LogP contribution in [0.25, 0.3) is 44.2 Å². The Morgan fingerprint density at radius 3 is 2.29 bits per heavy atom. The molecule has 0 aliphatic rings. The molecule has 0 saturated carbocycles. The summed E-state index contributed by atoms with van der Waals surface area (Å²) < 4.78 is 15.4. The highest BCUT2D eigenvalue weighted by atomic mass is 32.2. The maximum absolute atomic E-state index is 13.6. The Labute approximate surface area is 224 Å². The van der Waals surface area contributed by atoms with Crippen LogP contribution in [-0.2, 0) is 11.0 Å². The summed E-state index contributed by atoms with van der Waals surface area (Å²) in [5.41, 5.74) is 7.40. The average molecular weight is 520 g/mol. The van der Waals surface area contributed by atoms with Gasteiger partial charge in [-0.3, -0.25) is 4.79 Å². The number of nitrogens with zero attached hydrogens (tertiary/aromatic N) is 2. The third-order valence-corrected chi connectivity index (χ3v) is 7.81. The molecule has 3 aromatic heterocycles. The van der Waals surface area contributed by atoms with Crippen molar-refractivity contribution in [1.82, 2.24) is 13.9 Å². The number of hydrogen-bond acceptors (Lipinski definition) is 3. The maximum Gasteiger partial charge on any atom is 0.159 e. The van der Waals surface area contributed by atoms with Crippen molar-refractivity contribution in [2.24, 2.45) is 0 Å². The minimum absolute atomic E-state index is 0.0354. The summed E-state index contributed by atoms with van der Waals surface area (Å²) in [4.78, 5) is 20.4. The average Bonchev–Trinajstić information content (AvgIpc) is 3.58. The predicted molar refractivity (Wildman–Crippen MR) is 157 cm³/mol. The van der Waals surface area contributed by atoms with Gasteiger partial charge in [-0.1, -0.05) is 61.9 Å². The van der Waals surface area contributed by atoms with Crippen LogP contribution in [0.3, 0.4) is 0 Å². The van der Waals surface area contributed by atoms with Crippen LogP contribution in [0, 0.1) is 6.92 Å². The van der Waals surface area contributed by atoms with E-state index >= 15 is 0 Å². The van der Waals surface area contributed by atoms with Crippen LogP contribution in [0.2, 0.25) is 0 Å². The van der Waals surface area contributed by atoms with Gasteiger partial charge in [-0.2, -0.15) is 0 Å². The number of aromatic nitrogens is 3. The lowest BCUT2D eigenvalue weighted by molar-refractivity contribution is 0.101. The highest BCUT2D eigenvalue weighted by molar-refractivity contribution is 7.83. The predicted octanol–water partition coefficient (Wildman–Crippen LogP) is 7.96. The first kappa shape index (κ1) is 25.4. The molecule has 6 heteroatoms. The standard InChI is InChI=1S/C30H23N3O2S.C2H6/c1-19-3-10-26(11-4-19)36(35)33-18-28(23-9-12-29-24(15-23)13-14-31-29)27-16-25(17-32-30(27)33)22-7-5-21(6-8-22)20(2)34;1-2/h3-18,31H,1-2H3;1-2H3. The van der Waals surface area contributed by atoms with E-state index in [-0.39, 0.29) is 5.78 Å². The third-order valence-electron chi connectivity index (χ3n) is 6.50. The number of Topliss-reactive ketones (excluding diaryl/α,β-unsaturated/α-hetero) is 1. The monoisotopic (exact) mass is 519 g/mol. The fourth-order valence-electron chi connectivity index (χ4n) is 4.48. The number of hydrogen-bond donors (Lipinski definition) is 1. The van der Waals surface area contributed by atoms with Crippen molar-refractivity contribution < 1.29 is 9.00 Å². The summed E-state index contributed by atoms with van der Waals surface area (Å²) in [5.74, 6) is 0.0354. The van der Waals surface area contributed by atoms with Gasteiger partial charge in [0, 0.05) is 46.2 Å². The number of carbonyl (C=O) groups excluding carboxylic acids is 1. The van der Waals surface area contributed by atoms with Crippen molar-refractivity contribution >= 4 is 38.7 Å². The minimum atomic E-state index is -1.45. The van der Waals surface area contributed by atoms with Gasteiger partial charge in [0.1, 0.15) is 0 Å². The topological polar surface area (TPSA) is 67.8 Å². The Hall–Kier alpha value is -4.29. The van der Waals surface area contributed by atoms with Crippen molar-refractivity contribution in [3.05, 3.63) is 109 Å². The molecule has 0 aliphatic carbocycles. The SMILES string of the molecule is CC.CC(=O)c1ccc(-c2cnc3c(c2)c(-c2ccc4[nH]ccc4c2)cn3S(=O)c2ccc(C)cc2)cc1. The highest BCUT2D eigenvalue weighted by Crippen LogP contribution is 2.35. The van der Waals surface area contributed by atoms with Gasteiger partial charge in [0.25, 0.3) is 0 Å². The number of H-pyrrole nitrogens is 1. The summed E-state index contributed by atoms with van der Waals surface area (Å²) in [5, 5.41) is 2.02. The molecule has 1 N–H and O–H groups in total. The highest BCUT2D eigenvalue weighted by Gasteiger charge is 2.18. The minimum Gasteiger partial charge on any atom is -0.361 e. The van der Waals surface area contributed by atoms with Crippen molar-refractivity contribution in [3.8, 4) is 22.3 Å². The number of rotatable bonds is 5. The van der Waals surface area contributed by atoms with Crippen LogP contribution < -0.4 is 0 Å². The Morgan fingerprint density at radius 2 is 1.58 bits per heavy atom. The molecular weight excluding hydrogens is 490 g/mol. The molecule has 3 aromatic carbocycles. The van der Waals surface area contributed by atoms with Gasteiger partial charge in [-0.15, -0.1) is 0 Å². The van der Waals surface area contributed by atoms with Crippen molar-refractivity contribution in [2.75, 3.05) is 0 Å². The van der Waals surface area contributed by atoms with Gasteiger partial charge >= 0.3 is 0 Å². The molecule has 1 atom stereocenters. The number of carbonyl (C=O) groups is 1. The zero-order chi connectivity index (χ0) is 26.8. The number of benzene rings is 3. The molecule has 6 aromatic rings. The van der Waals surface area contributed by atoms with Gasteiger partial charge in [0.2, 0.25) is 0 Å². The van der Waals surface area contributed by atoms with Gasteiger partial charge < -0.3 is 4.98 Å². The van der Waals surface area contributed by atoms with Crippen LogP contribution in [0.4, 0.5) is 0 Å². The molecule has 5 nitrogen and oxygen atoms in total. The molecule has 38 heavy (non-hydrogen) atoms. The molecule has 3 heterocycles. The Kier molecular flexibility index (Phi) is 7.07. The number of nitrogens with one attached hydrogen (secondary N) is 1. The van der Waals surface area contributed by atoms with Crippen LogP contribution in [-0.4, -0.2) is 23.9 Å². The van der Waals surface area contributed by atoms with Crippen molar-refractivity contribution in [2.45, 2.75) is 32.6 Å². The van der Waals surface area contributed by atoms with E-state index in [1.54, 1.807) is 17.1 Å². The van der Waals surface area contributed by atoms with E-state index in [1.165, 1.54) is 0 Å². The third kappa shape index (κ3) is 4.71. The normalized spacial score (nSPS) is 11.8. The first-order valence-electron chi connectivity index (χ1n) is 12.7. The second kappa shape index (κ2) is 10.6. The number of pyridine rings is 1. The lowest BCUT2D eigenvalue weighted by Gasteiger charge is -2.07. The molecule has 0 bridgehead atoms. The first-order chi connectivity index (χ1) is 18.5. The summed E-state index contributed by atoms with van der Waals surface area (Å²) in [6.07, 6.45) is 5.66. The zero-order valence-electron chi connectivity index (χ0n) is 21.9. The van der Waals surface area contributed by atoms with Gasteiger partial charge in [0.15, 0.2) is 22.4 Å². The summed E-state index contributed by atoms with van der Waals surface area (Å²) in [6.45, 7) is 7.58. The molecule has 0 amide bonds. The maximum atomic E-state index is 13.6. The van der Waals surface area contributed by atoms with Crippen LogP contribution in [0.15, 0.2) is 102 Å². The number of ketones is 1. The van der Waals surface area contributed by atoms with Crippen molar-refractivity contribution in [1.29, 1.82) is 0 Å². The second-order valence-electron chi connectivity index (χ2n) is 8.94. The fourth-order valence-corrected chi connectivity index (χ4v) is 5.58. The van der Waals surface area contributed by atoms with E-state index < -0.39 is 11.0 Å². The fraction of sp³-hybridized carbons (Fsp3) is 0.125. The van der Waals surface area contributed by atoms with Crippen LogP contribution in [0.1, 0.15) is 36.7 Å². The lowest BCUT2D eigenvalue weighted by atomic mass is 10.0.